The Morgan fingerprint density at radius 1 is 0.889 bits per heavy atom. The van der Waals surface area contributed by atoms with Gasteiger partial charge in [-0.2, -0.15) is 5.48 Å². The third kappa shape index (κ3) is 10.1. The molecule has 0 aliphatic heterocycles. The number of amides is 2. The topological polar surface area (TPSA) is 149 Å². The van der Waals surface area contributed by atoms with E-state index in [-0.39, 0.29) is 18.6 Å². The van der Waals surface area contributed by atoms with Gasteiger partial charge in [0.1, 0.15) is 18.1 Å². The zero-order chi connectivity index (χ0) is 32.0. The molecule has 0 saturated carbocycles. The number of benzene rings is 3. The highest BCUT2D eigenvalue weighted by molar-refractivity contribution is 5.93. The summed E-state index contributed by atoms with van der Waals surface area (Å²) in [6.45, 7) is 2.36. The van der Waals surface area contributed by atoms with Gasteiger partial charge in [-0.15, -0.1) is 0 Å². The van der Waals surface area contributed by atoms with Gasteiger partial charge in [0.25, 0.3) is 11.8 Å². The zero-order valence-electron chi connectivity index (χ0n) is 25.0. The molecule has 0 saturated heterocycles. The number of imidazole rings is 1. The van der Waals surface area contributed by atoms with Crippen molar-refractivity contribution >= 4 is 23.9 Å². The third-order valence-electron chi connectivity index (χ3n) is 7.01. The number of aromatic carboxylic acids is 1. The Balaban J connectivity index is 1.45. The van der Waals surface area contributed by atoms with Crippen LogP contribution in [-0.2, 0) is 40.4 Å². The molecule has 234 valence electrons. The molecular weight excluding hydrogens is 576 g/mol. The molecule has 0 aliphatic carbocycles. The summed E-state index contributed by atoms with van der Waals surface area (Å²) in [5.41, 5.74) is 5.06. The molecule has 3 aromatic carbocycles. The van der Waals surface area contributed by atoms with Crippen LogP contribution in [0, 0.1) is 0 Å². The van der Waals surface area contributed by atoms with Gasteiger partial charge in [-0.3, -0.25) is 9.59 Å². The number of aromatic nitrogens is 2. The van der Waals surface area contributed by atoms with Gasteiger partial charge < -0.3 is 24.6 Å². The third-order valence-corrected chi connectivity index (χ3v) is 7.01. The molecule has 0 radical (unpaired) electrons. The standard InChI is InChI=1S/C34H36N4O7/c1-2-3-14-30-35-21-29(38(30)22-25-15-17-27(18-16-25)33(41)42)32(40)36-28(19-24-10-6-4-7-11-24)20-31(39)37-45-34(43)44-23-26-12-8-5-9-13-26/h4-13,15-18,21,28H,2-3,14,19-20,22-23H2,1H3,(H,36,40)(H,37,39)(H,41,42). The number of nitrogens with zero attached hydrogens (tertiary/aromatic N) is 2. The van der Waals surface area contributed by atoms with Crippen molar-refractivity contribution in [3.63, 3.8) is 0 Å². The number of aryl methyl sites for hydroxylation is 1. The number of rotatable bonds is 14. The van der Waals surface area contributed by atoms with Crippen molar-refractivity contribution in [2.45, 2.75) is 58.2 Å². The molecular formula is C34H36N4O7. The van der Waals surface area contributed by atoms with E-state index >= 15 is 0 Å². The Labute approximate surface area is 261 Å². The predicted octanol–water partition coefficient (Wildman–Crippen LogP) is 5.09. The van der Waals surface area contributed by atoms with Crippen LogP contribution in [0.5, 0.6) is 0 Å². The summed E-state index contributed by atoms with van der Waals surface area (Å²) in [6.07, 6.45) is 3.09. The minimum Gasteiger partial charge on any atom is -0.478 e. The van der Waals surface area contributed by atoms with Crippen molar-refractivity contribution < 1.29 is 33.9 Å². The Morgan fingerprint density at radius 2 is 1.56 bits per heavy atom. The molecule has 4 rings (SSSR count). The van der Waals surface area contributed by atoms with E-state index in [9.17, 15) is 24.3 Å². The lowest BCUT2D eigenvalue weighted by Crippen LogP contribution is -2.41. The maximum Gasteiger partial charge on any atom is 0.533 e. The number of ether oxygens (including phenoxy) is 1. The Bertz CT molecular complexity index is 1570. The van der Waals surface area contributed by atoms with Gasteiger partial charge in [0, 0.05) is 19.0 Å². The molecule has 4 aromatic rings. The van der Waals surface area contributed by atoms with Crippen molar-refractivity contribution in [3.8, 4) is 0 Å². The van der Waals surface area contributed by atoms with Crippen LogP contribution in [-0.4, -0.2) is 44.6 Å². The first-order valence-corrected chi connectivity index (χ1v) is 14.7. The molecule has 2 amide bonds. The van der Waals surface area contributed by atoms with Gasteiger partial charge in [0.05, 0.1) is 18.2 Å². The first kappa shape index (κ1) is 32.5. The summed E-state index contributed by atoms with van der Waals surface area (Å²) in [7, 11) is 0. The summed E-state index contributed by atoms with van der Waals surface area (Å²) in [4.78, 5) is 59.1. The zero-order valence-corrected chi connectivity index (χ0v) is 25.0. The van der Waals surface area contributed by atoms with E-state index in [0.29, 0.717) is 25.1 Å². The van der Waals surface area contributed by atoms with Crippen LogP contribution >= 0.6 is 0 Å². The van der Waals surface area contributed by atoms with Gasteiger partial charge in [-0.1, -0.05) is 86.1 Å². The van der Waals surface area contributed by atoms with Crippen LogP contribution in [0.4, 0.5) is 4.79 Å². The second-order valence-electron chi connectivity index (χ2n) is 10.5. The lowest BCUT2D eigenvalue weighted by Gasteiger charge is -2.19. The molecule has 0 aliphatic rings. The van der Waals surface area contributed by atoms with E-state index < -0.39 is 30.0 Å². The highest BCUT2D eigenvalue weighted by Crippen LogP contribution is 2.15. The van der Waals surface area contributed by atoms with Gasteiger partial charge in [-0.25, -0.2) is 14.6 Å². The fourth-order valence-corrected chi connectivity index (χ4v) is 4.68. The number of hydrogen-bond acceptors (Lipinski definition) is 7. The molecule has 0 bridgehead atoms. The molecule has 1 aromatic heterocycles. The van der Waals surface area contributed by atoms with Gasteiger partial charge >= 0.3 is 12.1 Å². The average Bonchev–Trinajstić information content (AvgIpc) is 3.45. The molecule has 45 heavy (non-hydrogen) atoms. The van der Waals surface area contributed by atoms with E-state index in [4.69, 9.17) is 9.57 Å². The summed E-state index contributed by atoms with van der Waals surface area (Å²) in [5, 5.41) is 12.2. The highest BCUT2D eigenvalue weighted by Gasteiger charge is 2.23. The quantitative estimate of drug-likeness (QED) is 0.132. The number of carboxylic acid groups (broad SMARTS) is 1. The number of carbonyl (C=O) groups is 4. The monoisotopic (exact) mass is 612 g/mol. The van der Waals surface area contributed by atoms with Crippen molar-refractivity contribution in [2.75, 3.05) is 0 Å². The van der Waals surface area contributed by atoms with Crippen LogP contribution in [0.3, 0.4) is 0 Å². The van der Waals surface area contributed by atoms with Crippen molar-refractivity contribution in [1.82, 2.24) is 20.3 Å². The van der Waals surface area contributed by atoms with Gasteiger partial charge in [0.2, 0.25) is 0 Å². The first-order valence-electron chi connectivity index (χ1n) is 14.7. The lowest BCUT2D eigenvalue weighted by molar-refractivity contribution is -0.131. The van der Waals surface area contributed by atoms with Crippen molar-refractivity contribution in [3.05, 3.63) is 125 Å². The number of unbranched alkanes of at least 4 members (excludes halogenated alkanes) is 1. The van der Waals surface area contributed by atoms with Gasteiger partial charge in [0.15, 0.2) is 0 Å². The molecule has 11 heteroatoms. The normalized spacial score (nSPS) is 11.3. The maximum atomic E-state index is 13.7. The predicted molar refractivity (Wildman–Crippen MR) is 165 cm³/mol. The molecule has 3 N–H and O–H groups in total. The minimum atomic E-state index is -1.06. The molecule has 1 atom stereocenters. The molecule has 0 spiro atoms. The number of carboxylic acids is 1. The number of nitrogens with one attached hydrogen (secondary N) is 2. The Kier molecular flexibility index (Phi) is 11.8. The first-order chi connectivity index (χ1) is 21.8. The largest absolute Gasteiger partial charge is 0.533 e. The van der Waals surface area contributed by atoms with Gasteiger partial charge in [-0.05, 0) is 41.7 Å². The molecule has 11 nitrogen and oxygen atoms in total. The van der Waals surface area contributed by atoms with E-state index in [1.165, 1.54) is 18.3 Å². The fourth-order valence-electron chi connectivity index (χ4n) is 4.68. The van der Waals surface area contributed by atoms with Crippen LogP contribution in [0.1, 0.15) is 69.5 Å². The smallest absolute Gasteiger partial charge is 0.478 e. The maximum absolute atomic E-state index is 13.7. The fraction of sp³-hybridized carbons (Fsp3) is 0.265. The Hall–Kier alpha value is -5.45. The summed E-state index contributed by atoms with van der Waals surface area (Å²) in [5.74, 6) is -1.34. The van der Waals surface area contributed by atoms with Crippen LogP contribution in [0.2, 0.25) is 0 Å². The van der Waals surface area contributed by atoms with E-state index in [1.54, 1.807) is 24.3 Å². The second-order valence-corrected chi connectivity index (χ2v) is 10.5. The lowest BCUT2D eigenvalue weighted by atomic mass is 10.0. The SMILES string of the molecule is CCCCc1ncc(C(=O)NC(CC(=O)NOC(=O)OCc2ccccc2)Cc2ccccc2)n1Cc1ccc(C(=O)O)cc1. The van der Waals surface area contributed by atoms with E-state index in [2.05, 4.69) is 22.7 Å². The number of carbonyl (C=O) groups excluding carboxylic acids is 3. The Morgan fingerprint density at radius 3 is 2.20 bits per heavy atom. The van der Waals surface area contributed by atoms with Crippen molar-refractivity contribution in [1.29, 1.82) is 0 Å². The minimum absolute atomic E-state index is 0.0140. The molecule has 1 heterocycles. The molecule has 0 fully saturated rings. The molecule has 1 unspecified atom stereocenters. The van der Waals surface area contributed by atoms with E-state index in [0.717, 1.165) is 35.4 Å². The summed E-state index contributed by atoms with van der Waals surface area (Å²) >= 11 is 0. The average molecular weight is 613 g/mol. The van der Waals surface area contributed by atoms with Crippen LogP contribution in [0.25, 0.3) is 0 Å². The summed E-state index contributed by atoms with van der Waals surface area (Å²) in [6, 6.07) is 24.2. The van der Waals surface area contributed by atoms with Crippen molar-refractivity contribution in [2.24, 2.45) is 0 Å². The second kappa shape index (κ2) is 16.4. The van der Waals surface area contributed by atoms with Crippen LogP contribution in [0.15, 0.2) is 91.1 Å². The van der Waals surface area contributed by atoms with Crippen LogP contribution < -0.4 is 10.8 Å². The summed E-state index contributed by atoms with van der Waals surface area (Å²) < 4.78 is 6.84. The number of hydroxylamine groups is 1. The highest BCUT2D eigenvalue weighted by atomic mass is 16.8. The number of hydrogen-bond donors (Lipinski definition) is 3. The van der Waals surface area contributed by atoms with E-state index in [1.807, 2.05) is 53.1 Å².